The fourth-order valence-electron chi connectivity index (χ4n) is 2.87. The van der Waals surface area contributed by atoms with Crippen molar-refractivity contribution in [2.75, 3.05) is 25.4 Å². The molecule has 0 aliphatic carbocycles. The molecule has 1 atom stereocenters. The second kappa shape index (κ2) is 9.18. The van der Waals surface area contributed by atoms with Gasteiger partial charge >= 0.3 is 5.97 Å². The Labute approximate surface area is 160 Å². The van der Waals surface area contributed by atoms with Gasteiger partial charge in [-0.3, -0.25) is 14.7 Å². The smallest absolute Gasteiger partial charge is 0.310 e. The number of ether oxygens (including phenoxy) is 1. The number of nitrogens with one attached hydrogen (secondary N) is 1. The van der Waals surface area contributed by atoms with Gasteiger partial charge in [0.05, 0.1) is 18.3 Å². The molecule has 3 rings (SSSR count). The highest BCUT2D eigenvalue weighted by Gasteiger charge is 2.29. The van der Waals surface area contributed by atoms with Gasteiger partial charge in [-0.1, -0.05) is 17.8 Å². The molecule has 2 aromatic heterocycles. The van der Waals surface area contributed by atoms with E-state index < -0.39 is 0 Å². The minimum absolute atomic E-state index is 0.00797. The van der Waals surface area contributed by atoms with E-state index in [2.05, 4.69) is 21.2 Å². The normalized spacial score (nSPS) is 17.3. The standard InChI is InChI=1S/C17H22N4O3S2/c1-2-24-16(23)12-5-3-7-21(10-12)15(22)11-26-17-18-14(19-20-17)9-13-6-4-8-25-13/h4,6,8,12H,2-3,5,7,9-11H2,1H3,(H,18,19,20)/t12-/m0/s1. The van der Waals surface area contributed by atoms with Gasteiger partial charge in [-0.15, -0.1) is 16.4 Å². The quantitative estimate of drug-likeness (QED) is 0.573. The molecule has 1 amide bonds. The number of nitrogens with zero attached hydrogens (tertiary/aromatic N) is 3. The fourth-order valence-corrected chi connectivity index (χ4v) is 4.30. The molecule has 1 fully saturated rings. The molecule has 9 heteroatoms. The lowest BCUT2D eigenvalue weighted by Crippen LogP contribution is -2.43. The van der Waals surface area contributed by atoms with Gasteiger partial charge in [0.25, 0.3) is 0 Å². The Balaban J connectivity index is 1.47. The topological polar surface area (TPSA) is 88.2 Å². The molecule has 0 bridgehead atoms. The molecular weight excluding hydrogens is 372 g/mol. The lowest BCUT2D eigenvalue weighted by molar-refractivity contribution is -0.151. The number of esters is 1. The van der Waals surface area contributed by atoms with Crippen LogP contribution < -0.4 is 0 Å². The van der Waals surface area contributed by atoms with Crippen molar-refractivity contribution in [3.8, 4) is 0 Å². The van der Waals surface area contributed by atoms with Gasteiger partial charge in [0, 0.05) is 24.4 Å². The highest BCUT2D eigenvalue weighted by molar-refractivity contribution is 7.99. The lowest BCUT2D eigenvalue weighted by atomic mass is 9.98. The number of thiophene rings is 1. The highest BCUT2D eigenvalue weighted by atomic mass is 32.2. The van der Waals surface area contributed by atoms with E-state index in [1.54, 1.807) is 23.2 Å². The number of hydrogen-bond acceptors (Lipinski definition) is 7. The van der Waals surface area contributed by atoms with Crippen LogP contribution in [0.3, 0.4) is 0 Å². The van der Waals surface area contributed by atoms with Crippen LogP contribution in [0.4, 0.5) is 0 Å². The monoisotopic (exact) mass is 394 g/mol. The van der Waals surface area contributed by atoms with E-state index in [-0.39, 0.29) is 23.5 Å². The first-order valence-corrected chi connectivity index (χ1v) is 10.5. The number of hydrogen-bond donors (Lipinski definition) is 1. The fraction of sp³-hybridized carbons (Fsp3) is 0.529. The van der Waals surface area contributed by atoms with E-state index in [0.717, 1.165) is 18.7 Å². The molecule has 3 heterocycles. The molecule has 0 radical (unpaired) electrons. The van der Waals surface area contributed by atoms with Crippen molar-refractivity contribution in [1.82, 2.24) is 20.1 Å². The van der Waals surface area contributed by atoms with Gasteiger partial charge < -0.3 is 9.64 Å². The van der Waals surface area contributed by atoms with Crippen molar-refractivity contribution in [1.29, 1.82) is 0 Å². The molecule has 7 nitrogen and oxygen atoms in total. The van der Waals surface area contributed by atoms with Crippen molar-refractivity contribution >= 4 is 35.0 Å². The summed E-state index contributed by atoms with van der Waals surface area (Å²) in [6, 6.07) is 4.06. The molecule has 140 valence electrons. The zero-order chi connectivity index (χ0) is 18.4. The largest absolute Gasteiger partial charge is 0.466 e. The van der Waals surface area contributed by atoms with Crippen molar-refractivity contribution in [3.05, 3.63) is 28.2 Å². The Morgan fingerprint density at radius 3 is 3.15 bits per heavy atom. The molecule has 2 aromatic rings. The first-order chi connectivity index (χ1) is 12.7. The first-order valence-electron chi connectivity index (χ1n) is 8.66. The van der Waals surface area contributed by atoms with E-state index in [4.69, 9.17) is 4.74 Å². The SMILES string of the molecule is CCOC(=O)[C@H]1CCCN(C(=O)CSc2n[nH]c(Cc3cccs3)n2)C1. The summed E-state index contributed by atoms with van der Waals surface area (Å²) >= 11 is 2.99. The molecule has 1 aliphatic rings. The Bertz CT molecular complexity index is 732. The summed E-state index contributed by atoms with van der Waals surface area (Å²) in [5, 5.41) is 9.69. The zero-order valence-corrected chi connectivity index (χ0v) is 16.3. The van der Waals surface area contributed by atoms with E-state index in [1.807, 2.05) is 11.4 Å². The molecule has 0 unspecified atom stereocenters. The number of H-pyrrole nitrogens is 1. The molecule has 1 N–H and O–H groups in total. The van der Waals surface area contributed by atoms with Crippen LogP contribution in [0.2, 0.25) is 0 Å². The molecule has 26 heavy (non-hydrogen) atoms. The van der Waals surface area contributed by atoms with Gasteiger partial charge in [-0.05, 0) is 31.2 Å². The van der Waals surface area contributed by atoms with Gasteiger partial charge in [0.15, 0.2) is 0 Å². The van der Waals surface area contributed by atoms with Crippen LogP contribution in [-0.4, -0.2) is 57.4 Å². The Hall–Kier alpha value is -1.87. The Morgan fingerprint density at radius 2 is 2.38 bits per heavy atom. The van der Waals surface area contributed by atoms with Crippen LogP contribution in [-0.2, 0) is 20.7 Å². The molecular formula is C17H22N4O3S2. The van der Waals surface area contributed by atoms with Crippen molar-refractivity contribution in [3.63, 3.8) is 0 Å². The number of piperidine rings is 1. The number of carbonyl (C=O) groups excluding carboxylic acids is 2. The van der Waals surface area contributed by atoms with E-state index in [9.17, 15) is 9.59 Å². The maximum absolute atomic E-state index is 12.4. The lowest BCUT2D eigenvalue weighted by Gasteiger charge is -2.31. The van der Waals surface area contributed by atoms with Crippen molar-refractivity contribution in [2.24, 2.45) is 5.92 Å². The summed E-state index contributed by atoms with van der Waals surface area (Å²) in [5.74, 6) is 0.658. The number of carbonyl (C=O) groups is 2. The minimum Gasteiger partial charge on any atom is -0.466 e. The maximum atomic E-state index is 12.4. The van der Waals surface area contributed by atoms with Gasteiger partial charge in [0.2, 0.25) is 11.1 Å². The summed E-state index contributed by atoms with van der Waals surface area (Å²) in [7, 11) is 0. The zero-order valence-electron chi connectivity index (χ0n) is 14.6. The maximum Gasteiger partial charge on any atom is 0.310 e. The Morgan fingerprint density at radius 1 is 1.50 bits per heavy atom. The number of rotatable bonds is 7. The molecule has 0 saturated carbocycles. The summed E-state index contributed by atoms with van der Waals surface area (Å²) in [4.78, 5) is 31.7. The average Bonchev–Trinajstić information content (AvgIpc) is 3.32. The highest BCUT2D eigenvalue weighted by Crippen LogP contribution is 2.21. The summed E-state index contributed by atoms with van der Waals surface area (Å²) < 4.78 is 5.08. The number of aromatic amines is 1. The predicted octanol–water partition coefficient (Wildman–Crippen LogP) is 2.35. The Kier molecular flexibility index (Phi) is 6.67. The third-order valence-corrected chi connectivity index (χ3v) is 5.86. The van der Waals surface area contributed by atoms with Crippen molar-refractivity contribution < 1.29 is 14.3 Å². The summed E-state index contributed by atoms with van der Waals surface area (Å²) in [5.41, 5.74) is 0. The third kappa shape index (κ3) is 5.07. The van der Waals surface area contributed by atoms with Crippen LogP contribution in [0.5, 0.6) is 0 Å². The molecule has 1 aliphatic heterocycles. The van der Waals surface area contributed by atoms with E-state index in [1.165, 1.54) is 16.6 Å². The van der Waals surface area contributed by atoms with Crippen LogP contribution in [0, 0.1) is 5.92 Å². The van der Waals surface area contributed by atoms with Gasteiger partial charge in [-0.25, -0.2) is 4.98 Å². The predicted molar refractivity (Wildman–Crippen MR) is 100 cm³/mol. The number of aromatic nitrogens is 3. The summed E-state index contributed by atoms with van der Waals surface area (Å²) in [6.45, 7) is 3.30. The molecule has 0 aromatic carbocycles. The third-order valence-electron chi connectivity index (χ3n) is 4.15. The van der Waals surface area contributed by atoms with Crippen LogP contribution in [0.25, 0.3) is 0 Å². The van der Waals surface area contributed by atoms with E-state index >= 15 is 0 Å². The second-order valence-corrected chi connectivity index (χ2v) is 8.02. The van der Waals surface area contributed by atoms with E-state index in [0.29, 0.717) is 31.3 Å². The molecule has 0 spiro atoms. The number of amides is 1. The van der Waals surface area contributed by atoms with Crippen LogP contribution in [0.15, 0.2) is 22.7 Å². The summed E-state index contributed by atoms with van der Waals surface area (Å²) in [6.07, 6.45) is 2.32. The van der Waals surface area contributed by atoms with Crippen LogP contribution >= 0.6 is 23.1 Å². The average molecular weight is 395 g/mol. The second-order valence-electron chi connectivity index (χ2n) is 6.04. The number of likely N-dealkylation sites (tertiary alicyclic amines) is 1. The number of thioether (sulfide) groups is 1. The van der Waals surface area contributed by atoms with Gasteiger partial charge in [-0.2, -0.15) is 0 Å². The van der Waals surface area contributed by atoms with Crippen molar-refractivity contribution in [2.45, 2.75) is 31.3 Å². The minimum atomic E-state index is -0.210. The first kappa shape index (κ1) is 18.9. The van der Waals surface area contributed by atoms with Gasteiger partial charge in [0.1, 0.15) is 5.82 Å². The van der Waals surface area contributed by atoms with Crippen LogP contribution in [0.1, 0.15) is 30.5 Å². The molecule has 1 saturated heterocycles.